The molecule has 51 heavy (non-hydrogen) atoms. The number of hydrogen-bond acceptors (Lipinski definition) is 8. The third kappa shape index (κ3) is 9.21. The van der Waals surface area contributed by atoms with Crippen molar-refractivity contribution in [3.63, 3.8) is 0 Å². The van der Waals surface area contributed by atoms with Crippen LogP contribution < -0.4 is 16.0 Å². The molecule has 0 saturated carbocycles. The molecule has 0 bridgehead atoms. The summed E-state index contributed by atoms with van der Waals surface area (Å²) in [5.74, 6) is -1.42. The van der Waals surface area contributed by atoms with Crippen molar-refractivity contribution in [2.75, 3.05) is 32.2 Å². The van der Waals surface area contributed by atoms with Crippen LogP contribution in [0.1, 0.15) is 52.5 Å². The average Bonchev–Trinajstić information content (AvgIpc) is 3.48. The van der Waals surface area contributed by atoms with Gasteiger partial charge in [-0.25, -0.2) is 4.79 Å². The van der Waals surface area contributed by atoms with Gasteiger partial charge in [0.2, 0.25) is 5.91 Å². The molecule has 5 atom stereocenters. The van der Waals surface area contributed by atoms with Crippen LogP contribution in [0.25, 0.3) is 0 Å². The molecule has 0 radical (unpaired) electrons. The van der Waals surface area contributed by atoms with E-state index < -0.39 is 24.2 Å². The second-order valence-electron chi connectivity index (χ2n) is 13.1. The minimum absolute atomic E-state index is 0.0693. The van der Waals surface area contributed by atoms with E-state index in [1.54, 1.807) is 0 Å². The Morgan fingerprint density at radius 3 is 2.25 bits per heavy atom. The number of carbonyl (C=O) groups excluding carboxylic acids is 3. The van der Waals surface area contributed by atoms with Gasteiger partial charge >= 0.3 is 12.1 Å². The molecule has 10 nitrogen and oxygen atoms in total. The summed E-state index contributed by atoms with van der Waals surface area (Å²) in [6.45, 7) is 1.18. The standard InChI is InChI=1S/C41H45N3O7/c1-49-41(48)44-39(38(28-13-4-2-5-14-28)29-15-6-3-7-16-29)40(47)43-35-19-11-9-12-27(35)20-21-32-24-42-31(25-50-32)26-51-37(46)23-34-33-18-10-8-17-30(33)22-36(34)45/h2-19,31-32,34,36,38-39,42,45H,20-26H2,1H3,(H,43,47)(H,44,48)/t31?,32-,34+,36-,39+/m1/s1. The number of rotatable bonds is 13. The number of esters is 1. The van der Waals surface area contributed by atoms with Gasteiger partial charge in [-0.05, 0) is 53.1 Å². The molecule has 10 heteroatoms. The van der Waals surface area contributed by atoms with Crippen LogP contribution in [-0.4, -0.2) is 74.2 Å². The summed E-state index contributed by atoms with van der Waals surface area (Å²) in [6, 6.07) is 33.6. The summed E-state index contributed by atoms with van der Waals surface area (Å²) in [5, 5.41) is 19.8. The van der Waals surface area contributed by atoms with Crippen molar-refractivity contribution in [3.8, 4) is 0 Å². The third-order valence-electron chi connectivity index (χ3n) is 9.75. The number of morpholine rings is 1. The lowest BCUT2D eigenvalue weighted by Gasteiger charge is -2.30. The molecule has 4 aromatic carbocycles. The number of aliphatic hydroxyl groups is 1. The summed E-state index contributed by atoms with van der Waals surface area (Å²) in [4.78, 5) is 39.3. The minimum Gasteiger partial charge on any atom is -0.464 e. The van der Waals surface area contributed by atoms with Gasteiger partial charge in [0.15, 0.2) is 0 Å². The molecular weight excluding hydrogens is 646 g/mol. The van der Waals surface area contributed by atoms with Gasteiger partial charge in [-0.3, -0.25) is 9.59 Å². The molecule has 4 aromatic rings. The number of aliphatic hydroxyl groups excluding tert-OH is 1. The van der Waals surface area contributed by atoms with Crippen LogP contribution in [0.3, 0.4) is 0 Å². The van der Waals surface area contributed by atoms with Crippen molar-refractivity contribution in [3.05, 3.63) is 137 Å². The quantitative estimate of drug-likeness (QED) is 0.142. The number of ether oxygens (including phenoxy) is 3. The molecule has 0 spiro atoms. The Morgan fingerprint density at radius 2 is 1.57 bits per heavy atom. The van der Waals surface area contributed by atoms with Gasteiger partial charge in [-0.2, -0.15) is 0 Å². The highest BCUT2D eigenvalue weighted by Gasteiger charge is 2.34. The number of benzene rings is 4. The number of nitrogens with one attached hydrogen (secondary N) is 3. The van der Waals surface area contributed by atoms with Crippen LogP contribution in [-0.2, 0) is 36.6 Å². The van der Waals surface area contributed by atoms with Crippen LogP contribution in [0, 0.1) is 0 Å². The first-order chi connectivity index (χ1) is 24.9. The highest BCUT2D eigenvalue weighted by atomic mass is 16.5. The molecule has 0 aromatic heterocycles. The largest absolute Gasteiger partial charge is 0.464 e. The fraction of sp³-hybridized carbons (Fsp3) is 0.341. The zero-order valence-corrected chi connectivity index (χ0v) is 28.7. The molecule has 1 fully saturated rings. The van der Waals surface area contributed by atoms with E-state index in [1.807, 2.05) is 109 Å². The maximum absolute atomic E-state index is 14.1. The molecule has 2 amide bonds. The third-order valence-corrected chi connectivity index (χ3v) is 9.75. The monoisotopic (exact) mass is 691 g/mol. The predicted molar refractivity (Wildman–Crippen MR) is 193 cm³/mol. The van der Waals surface area contributed by atoms with Crippen molar-refractivity contribution in [1.29, 1.82) is 0 Å². The fourth-order valence-corrected chi connectivity index (χ4v) is 7.07. The first-order valence-electron chi connectivity index (χ1n) is 17.5. The van der Waals surface area contributed by atoms with Crippen LogP contribution in [0.5, 0.6) is 0 Å². The van der Waals surface area contributed by atoms with Crippen molar-refractivity contribution in [2.24, 2.45) is 0 Å². The lowest BCUT2D eigenvalue weighted by molar-refractivity contribution is -0.146. The Kier molecular flexibility index (Phi) is 12.1. The summed E-state index contributed by atoms with van der Waals surface area (Å²) in [6.07, 6.45) is 0.691. The Hall–Kier alpha value is -5.03. The van der Waals surface area contributed by atoms with E-state index in [4.69, 9.17) is 14.2 Å². The minimum atomic E-state index is -0.966. The molecule has 6 rings (SSSR count). The molecule has 266 valence electrons. The van der Waals surface area contributed by atoms with E-state index in [9.17, 15) is 19.5 Å². The van der Waals surface area contributed by atoms with Gasteiger partial charge in [-0.15, -0.1) is 0 Å². The van der Waals surface area contributed by atoms with E-state index in [-0.39, 0.29) is 43.0 Å². The Labute approximate surface area is 298 Å². The van der Waals surface area contributed by atoms with E-state index in [0.29, 0.717) is 38.1 Å². The highest BCUT2D eigenvalue weighted by Crippen LogP contribution is 2.36. The number of amides is 2. The Morgan fingerprint density at radius 1 is 0.902 bits per heavy atom. The van der Waals surface area contributed by atoms with E-state index in [2.05, 4.69) is 16.0 Å². The van der Waals surface area contributed by atoms with Crippen molar-refractivity contribution >= 4 is 23.7 Å². The highest BCUT2D eigenvalue weighted by molar-refractivity contribution is 5.98. The smallest absolute Gasteiger partial charge is 0.407 e. The lowest BCUT2D eigenvalue weighted by Crippen LogP contribution is -2.49. The second-order valence-corrected chi connectivity index (χ2v) is 13.1. The summed E-state index contributed by atoms with van der Waals surface area (Å²) >= 11 is 0. The average molecular weight is 692 g/mol. The zero-order valence-electron chi connectivity index (χ0n) is 28.7. The number of aryl methyl sites for hydroxylation is 1. The van der Waals surface area contributed by atoms with Crippen LogP contribution in [0.2, 0.25) is 0 Å². The fourth-order valence-electron chi connectivity index (χ4n) is 7.07. The molecule has 1 saturated heterocycles. The van der Waals surface area contributed by atoms with Crippen LogP contribution in [0.4, 0.5) is 10.5 Å². The molecule has 1 unspecified atom stereocenters. The van der Waals surface area contributed by atoms with Gasteiger partial charge in [0.25, 0.3) is 0 Å². The van der Waals surface area contributed by atoms with E-state index >= 15 is 0 Å². The zero-order chi connectivity index (χ0) is 35.6. The molecule has 1 aliphatic heterocycles. The van der Waals surface area contributed by atoms with Crippen LogP contribution >= 0.6 is 0 Å². The molecule has 2 aliphatic rings. The molecule has 4 N–H and O–H groups in total. The maximum atomic E-state index is 14.1. The number of hydrogen-bond donors (Lipinski definition) is 4. The maximum Gasteiger partial charge on any atom is 0.407 e. The number of fused-ring (bicyclic) bond motifs is 1. The number of carbonyl (C=O) groups is 3. The number of methoxy groups -OCH3 is 1. The topological polar surface area (TPSA) is 135 Å². The summed E-state index contributed by atoms with van der Waals surface area (Å²) < 4.78 is 16.7. The van der Waals surface area contributed by atoms with Gasteiger partial charge in [0.05, 0.1) is 38.4 Å². The Balaban J connectivity index is 1.03. The molecule has 1 heterocycles. The van der Waals surface area contributed by atoms with Gasteiger partial charge in [-0.1, -0.05) is 103 Å². The predicted octanol–water partition coefficient (Wildman–Crippen LogP) is 5.11. The van der Waals surface area contributed by atoms with Gasteiger partial charge in [0, 0.05) is 24.1 Å². The van der Waals surface area contributed by atoms with E-state index in [0.717, 1.165) is 27.8 Å². The van der Waals surface area contributed by atoms with Crippen molar-refractivity contribution < 1.29 is 33.7 Å². The van der Waals surface area contributed by atoms with Gasteiger partial charge < -0.3 is 35.3 Å². The van der Waals surface area contributed by atoms with E-state index in [1.165, 1.54) is 7.11 Å². The van der Waals surface area contributed by atoms with Crippen molar-refractivity contribution in [1.82, 2.24) is 10.6 Å². The Bertz CT molecular complexity index is 1720. The van der Waals surface area contributed by atoms with Crippen molar-refractivity contribution in [2.45, 2.75) is 61.8 Å². The number of para-hydroxylation sites is 1. The summed E-state index contributed by atoms with van der Waals surface area (Å²) in [5.41, 5.74) is 5.45. The molecule has 1 aliphatic carbocycles. The first kappa shape index (κ1) is 35.8. The number of alkyl carbamates (subject to hydrolysis) is 1. The summed E-state index contributed by atoms with van der Waals surface area (Å²) in [7, 11) is 1.28. The molecular formula is C41H45N3O7. The SMILES string of the molecule is COC(=O)N[C@H](C(=O)Nc1ccccc1CC[C@@H]1CNC(COC(=O)C[C@H]2c3ccccc3C[C@H]2O)CO1)C(c1ccccc1)c1ccccc1. The second kappa shape index (κ2) is 17.3. The first-order valence-corrected chi connectivity index (χ1v) is 17.5. The van der Waals surface area contributed by atoms with Gasteiger partial charge in [0.1, 0.15) is 12.6 Å². The number of anilines is 1. The normalized spacial score (nSPS) is 20.2. The lowest BCUT2D eigenvalue weighted by atomic mass is 9.84. The van der Waals surface area contributed by atoms with Crippen LogP contribution in [0.15, 0.2) is 109 Å².